The summed E-state index contributed by atoms with van der Waals surface area (Å²) in [5.41, 5.74) is 0.507. The van der Waals surface area contributed by atoms with Crippen LogP contribution in [0, 0.1) is 0 Å². The van der Waals surface area contributed by atoms with Gasteiger partial charge in [-0.15, -0.1) is 0 Å². The third kappa shape index (κ3) is 3.89. The van der Waals surface area contributed by atoms with Gasteiger partial charge in [-0.25, -0.2) is 0 Å². The van der Waals surface area contributed by atoms with Crippen molar-refractivity contribution in [3.8, 4) is 11.5 Å². The maximum atomic E-state index is 13.4. The standard InChI is InChI=1S/C21H18N2O4S/c24-20(15-6-7-17-18(13-15)27-12-11-26-17)19(23-8-2-1-3-9-23)21(28)22-14-16-5-4-10-25-16/h1-10,13,19H,11-12,14H2/p+1/t19-/m1/s1. The molecule has 7 heteroatoms. The van der Waals surface area contributed by atoms with Gasteiger partial charge in [-0.05, 0) is 30.3 Å². The van der Waals surface area contributed by atoms with Crippen LogP contribution in [-0.4, -0.2) is 24.0 Å². The van der Waals surface area contributed by atoms with Gasteiger partial charge in [0.15, 0.2) is 28.9 Å². The third-order valence-corrected chi connectivity index (χ3v) is 4.74. The predicted molar refractivity (Wildman–Crippen MR) is 106 cm³/mol. The molecule has 0 radical (unpaired) electrons. The summed E-state index contributed by atoms with van der Waals surface area (Å²) in [7, 11) is 0. The molecule has 2 aromatic heterocycles. The number of aromatic nitrogens is 1. The van der Waals surface area contributed by atoms with Crippen LogP contribution >= 0.6 is 12.2 Å². The van der Waals surface area contributed by atoms with Crippen molar-refractivity contribution in [1.82, 2.24) is 5.32 Å². The molecule has 0 bridgehead atoms. The minimum Gasteiger partial charge on any atom is -0.486 e. The van der Waals surface area contributed by atoms with Crippen LogP contribution < -0.4 is 19.4 Å². The monoisotopic (exact) mass is 395 g/mol. The Morgan fingerprint density at radius 1 is 1.07 bits per heavy atom. The van der Waals surface area contributed by atoms with Crippen LogP contribution in [-0.2, 0) is 6.54 Å². The van der Waals surface area contributed by atoms with E-state index in [-0.39, 0.29) is 5.78 Å². The van der Waals surface area contributed by atoms with E-state index < -0.39 is 6.04 Å². The van der Waals surface area contributed by atoms with Crippen molar-refractivity contribution in [2.45, 2.75) is 12.6 Å². The van der Waals surface area contributed by atoms with Gasteiger partial charge in [0.1, 0.15) is 19.0 Å². The number of ether oxygens (including phenoxy) is 2. The molecular formula is C21H19N2O4S+. The molecule has 28 heavy (non-hydrogen) atoms. The van der Waals surface area contributed by atoms with Gasteiger partial charge in [0, 0.05) is 17.7 Å². The molecule has 0 spiro atoms. The van der Waals surface area contributed by atoms with Crippen LogP contribution in [0.1, 0.15) is 22.2 Å². The summed E-state index contributed by atoms with van der Waals surface area (Å²) in [4.78, 5) is 13.8. The number of nitrogens with zero attached hydrogens (tertiary/aromatic N) is 1. The first-order valence-corrected chi connectivity index (χ1v) is 9.33. The second-order valence-electron chi connectivity index (χ2n) is 6.25. The Labute approximate surface area is 167 Å². The average Bonchev–Trinajstić information content (AvgIpc) is 3.26. The van der Waals surface area contributed by atoms with E-state index in [1.807, 2.05) is 42.7 Å². The summed E-state index contributed by atoms with van der Waals surface area (Å²) >= 11 is 5.58. The molecule has 6 nitrogen and oxygen atoms in total. The topological polar surface area (TPSA) is 64.6 Å². The molecule has 1 aromatic carbocycles. The quantitative estimate of drug-likeness (QED) is 0.393. The van der Waals surface area contributed by atoms with Crippen LogP contribution in [0.3, 0.4) is 0 Å². The number of furan rings is 1. The number of carbonyl (C=O) groups is 1. The minimum absolute atomic E-state index is 0.134. The molecule has 0 aliphatic carbocycles. The number of carbonyl (C=O) groups excluding carboxylic acids is 1. The highest BCUT2D eigenvalue weighted by Crippen LogP contribution is 2.31. The van der Waals surface area contributed by atoms with Gasteiger partial charge in [0.25, 0.3) is 6.04 Å². The van der Waals surface area contributed by atoms with E-state index in [1.165, 1.54) is 0 Å². The Morgan fingerprint density at radius 3 is 2.61 bits per heavy atom. The fourth-order valence-electron chi connectivity index (χ4n) is 3.01. The second-order valence-corrected chi connectivity index (χ2v) is 6.68. The van der Waals surface area contributed by atoms with E-state index in [9.17, 15) is 4.79 Å². The first-order chi connectivity index (χ1) is 13.7. The molecule has 1 aliphatic rings. The molecule has 0 saturated heterocycles. The van der Waals surface area contributed by atoms with Crippen molar-refractivity contribution in [1.29, 1.82) is 0 Å². The van der Waals surface area contributed by atoms with Crippen LogP contribution in [0.15, 0.2) is 71.6 Å². The Kier molecular flexibility index (Phi) is 5.34. The molecule has 0 saturated carbocycles. The number of hydrogen-bond acceptors (Lipinski definition) is 5. The van der Waals surface area contributed by atoms with Gasteiger partial charge >= 0.3 is 0 Å². The number of thiocarbonyl (C=S) groups is 1. The van der Waals surface area contributed by atoms with Crippen molar-refractivity contribution >= 4 is 23.0 Å². The summed E-state index contributed by atoms with van der Waals surface area (Å²) < 4.78 is 18.3. The van der Waals surface area contributed by atoms with Gasteiger partial charge in [-0.2, -0.15) is 4.57 Å². The Balaban J connectivity index is 1.61. The molecule has 4 rings (SSSR count). The van der Waals surface area contributed by atoms with Crippen molar-refractivity contribution < 1.29 is 23.3 Å². The molecule has 3 aromatic rings. The molecule has 0 amide bonds. The largest absolute Gasteiger partial charge is 0.486 e. The molecular weight excluding hydrogens is 376 g/mol. The number of rotatable bonds is 6. The number of ketones is 1. The highest BCUT2D eigenvalue weighted by Gasteiger charge is 2.33. The van der Waals surface area contributed by atoms with Crippen LogP contribution in [0.5, 0.6) is 11.5 Å². The van der Waals surface area contributed by atoms with Crippen LogP contribution in [0.2, 0.25) is 0 Å². The molecule has 1 N–H and O–H groups in total. The maximum Gasteiger partial charge on any atom is 0.270 e. The van der Waals surface area contributed by atoms with Gasteiger partial charge in [0.05, 0.1) is 12.8 Å². The normalized spacial score (nSPS) is 13.6. The second kappa shape index (κ2) is 8.22. The molecule has 1 atom stereocenters. The first kappa shape index (κ1) is 18.2. The fourth-order valence-corrected chi connectivity index (χ4v) is 3.31. The highest BCUT2D eigenvalue weighted by atomic mass is 32.1. The minimum atomic E-state index is -0.686. The third-order valence-electron chi connectivity index (χ3n) is 4.38. The zero-order chi connectivity index (χ0) is 19.3. The van der Waals surface area contributed by atoms with Crippen molar-refractivity contribution in [3.63, 3.8) is 0 Å². The summed E-state index contributed by atoms with van der Waals surface area (Å²) in [6, 6.07) is 13.8. The number of benzene rings is 1. The number of hydrogen-bond donors (Lipinski definition) is 1. The van der Waals surface area contributed by atoms with Crippen LogP contribution in [0.4, 0.5) is 0 Å². The summed E-state index contributed by atoms with van der Waals surface area (Å²) in [5.74, 6) is 1.82. The fraction of sp³-hybridized carbons (Fsp3) is 0.190. The predicted octanol–water partition coefficient (Wildman–Crippen LogP) is 2.88. The number of fused-ring (bicyclic) bond motifs is 1. The van der Waals surface area contributed by atoms with E-state index in [0.717, 1.165) is 5.76 Å². The van der Waals surface area contributed by atoms with Gasteiger partial charge in [0.2, 0.25) is 5.78 Å². The maximum absolute atomic E-state index is 13.4. The molecule has 0 unspecified atom stereocenters. The zero-order valence-electron chi connectivity index (χ0n) is 15.0. The lowest BCUT2D eigenvalue weighted by atomic mass is 10.0. The summed E-state index contributed by atoms with van der Waals surface area (Å²) in [5, 5.41) is 3.14. The molecule has 0 fully saturated rings. The Bertz CT molecular complexity index is 973. The molecule has 142 valence electrons. The van der Waals surface area contributed by atoms with E-state index >= 15 is 0 Å². The van der Waals surface area contributed by atoms with Crippen molar-refractivity contribution in [3.05, 3.63) is 78.5 Å². The molecule has 3 heterocycles. The zero-order valence-corrected chi connectivity index (χ0v) is 15.9. The Morgan fingerprint density at radius 2 is 1.86 bits per heavy atom. The van der Waals surface area contributed by atoms with Gasteiger partial charge < -0.3 is 19.2 Å². The lowest BCUT2D eigenvalue weighted by Crippen LogP contribution is -2.51. The van der Waals surface area contributed by atoms with Gasteiger partial charge in [-0.1, -0.05) is 18.3 Å². The summed E-state index contributed by atoms with van der Waals surface area (Å²) in [6.45, 7) is 1.37. The van der Waals surface area contributed by atoms with Crippen molar-refractivity contribution in [2.75, 3.05) is 13.2 Å². The lowest BCUT2D eigenvalue weighted by molar-refractivity contribution is -0.692. The smallest absolute Gasteiger partial charge is 0.270 e. The number of pyridine rings is 1. The first-order valence-electron chi connectivity index (χ1n) is 8.92. The van der Waals surface area contributed by atoms with E-state index in [1.54, 1.807) is 29.0 Å². The highest BCUT2D eigenvalue weighted by molar-refractivity contribution is 7.80. The van der Waals surface area contributed by atoms with E-state index in [2.05, 4.69) is 5.32 Å². The van der Waals surface area contributed by atoms with E-state index in [0.29, 0.717) is 41.8 Å². The van der Waals surface area contributed by atoms with Crippen molar-refractivity contribution in [2.24, 2.45) is 0 Å². The van der Waals surface area contributed by atoms with E-state index in [4.69, 9.17) is 26.1 Å². The Hall–Kier alpha value is -3.19. The molecule has 1 aliphatic heterocycles. The van der Waals surface area contributed by atoms with Crippen LogP contribution in [0.25, 0.3) is 0 Å². The number of Topliss-reactive ketones (excluding diaryl/α,β-unsaturated/α-hetero) is 1. The average molecular weight is 395 g/mol. The summed E-state index contributed by atoms with van der Waals surface area (Å²) in [6.07, 6.45) is 5.24. The number of nitrogens with one attached hydrogen (secondary N) is 1. The van der Waals surface area contributed by atoms with Gasteiger partial charge in [-0.3, -0.25) is 4.79 Å². The lowest BCUT2D eigenvalue weighted by Gasteiger charge is -2.19. The SMILES string of the molecule is O=C(c1ccc2c(c1)OCCO2)[C@H](C(=S)NCc1ccco1)[n+]1ccccc1.